The molecule has 9 heteroatoms. The van der Waals surface area contributed by atoms with Gasteiger partial charge in [-0.1, -0.05) is 35.9 Å². The average Bonchev–Trinajstić information content (AvgIpc) is 2.99. The Morgan fingerprint density at radius 2 is 1.68 bits per heavy atom. The predicted octanol–water partition coefficient (Wildman–Crippen LogP) is 2.82. The van der Waals surface area contributed by atoms with E-state index in [0.29, 0.717) is 21.7 Å². The number of hydrogen-bond acceptors (Lipinski definition) is 5. The maximum Gasteiger partial charge on any atom is 0.327 e. The number of nitrogens with one attached hydrogen (secondary N) is 1. The van der Waals surface area contributed by atoms with E-state index in [0.717, 1.165) is 0 Å². The highest BCUT2D eigenvalue weighted by molar-refractivity contribution is 8.01. The van der Waals surface area contributed by atoms with Crippen LogP contribution in [0.15, 0.2) is 48.5 Å². The number of β-lactam (4-membered cyclic amide) rings is 1. The zero-order valence-corrected chi connectivity index (χ0v) is 18.2. The van der Waals surface area contributed by atoms with Gasteiger partial charge in [0.15, 0.2) is 5.78 Å². The number of carboxylic acid groups (broad SMARTS) is 1. The highest BCUT2D eigenvalue weighted by Crippen LogP contribution is 2.50. The van der Waals surface area contributed by atoms with Crippen molar-refractivity contribution in [2.45, 2.75) is 36.1 Å². The monoisotopic (exact) mass is 458 g/mol. The summed E-state index contributed by atoms with van der Waals surface area (Å²) in [5, 5.41) is 12.1. The molecule has 2 heterocycles. The number of hydrogen-bond donors (Lipinski definition) is 2. The lowest BCUT2D eigenvalue weighted by molar-refractivity contribution is -0.159. The van der Waals surface area contributed by atoms with Crippen LogP contribution in [0.4, 0.5) is 0 Å². The number of amides is 2. The number of thioether (sulfide) groups is 1. The fourth-order valence-electron chi connectivity index (χ4n) is 3.94. The number of fused-ring (bicyclic) bond motifs is 1. The van der Waals surface area contributed by atoms with Crippen molar-refractivity contribution in [1.29, 1.82) is 0 Å². The highest BCUT2D eigenvalue weighted by Gasteiger charge is 2.64. The van der Waals surface area contributed by atoms with Crippen LogP contribution >= 0.6 is 23.4 Å². The number of benzene rings is 2. The first kappa shape index (κ1) is 21.4. The van der Waals surface area contributed by atoms with Gasteiger partial charge in [-0.15, -0.1) is 11.8 Å². The third kappa shape index (κ3) is 3.59. The van der Waals surface area contributed by atoms with E-state index in [1.165, 1.54) is 40.9 Å². The molecule has 4 rings (SSSR count). The van der Waals surface area contributed by atoms with Crippen LogP contribution in [0.5, 0.6) is 0 Å². The van der Waals surface area contributed by atoms with Gasteiger partial charge in [0, 0.05) is 21.4 Å². The van der Waals surface area contributed by atoms with Crippen LogP contribution in [-0.4, -0.2) is 55.8 Å². The standard InChI is InChI=1S/C22H19ClN2O5S/c1-22(2)17(21(29)30)25-19(28)15(20(25)31-22)24-18(27)12-9-7-11(8-10-12)16(26)13-5-3-4-6-14(13)23/h3-10,15,17,20H,1-2H3,(H,24,27)(H,29,30)/t15-,17+,20-/m1/s1. The molecule has 0 spiro atoms. The minimum absolute atomic E-state index is 0.258. The smallest absolute Gasteiger partial charge is 0.327 e. The second kappa shape index (κ2) is 7.69. The normalized spacial score (nSPS) is 23.6. The summed E-state index contributed by atoms with van der Waals surface area (Å²) in [6.45, 7) is 3.55. The Bertz CT molecular complexity index is 1100. The Morgan fingerprint density at radius 3 is 2.29 bits per heavy atom. The highest BCUT2D eigenvalue weighted by atomic mass is 35.5. The molecule has 0 aliphatic carbocycles. The first-order valence-corrected chi connectivity index (χ1v) is 10.8. The van der Waals surface area contributed by atoms with E-state index in [1.54, 1.807) is 38.1 Å². The quantitative estimate of drug-likeness (QED) is 0.527. The molecule has 2 fully saturated rings. The van der Waals surface area contributed by atoms with Crippen molar-refractivity contribution < 1.29 is 24.3 Å². The first-order valence-electron chi connectivity index (χ1n) is 9.55. The minimum Gasteiger partial charge on any atom is -0.480 e. The fraction of sp³-hybridized carbons (Fsp3) is 0.273. The molecule has 160 valence electrons. The van der Waals surface area contributed by atoms with Crippen LogP contribution in [0.3, 0.4) is 0 Å². The summed E-state index contributed by atoms with van der Waals surface area (Å²) in [5.41, 5.74) is 1.04. The van der Waals surface area contributed by atoms with E-state index < -0.39 is 40.0 Å². The molecular weight excluding hydrogens is 440 g/mol. The molecule has 2 aromatic rings. The molecular formula is C22H19ClN2O5S. The molecule has 0 unspecified atom stereocenters. The van der Waals surface area contributed by atoms with Crippen molar-refractivity contribution in [1.82, 2.24) is 10.2 Å². The summed E-state index contributed by atoms with van der Waals surface area (Å²) >= 11 is 7.44. The maximum atomic E-state index is 12.7. The van der Waals surface area contributed by atoms with Gasteiger partial charge in [0.2, 0.25) is 5.91 Å². The number of carboxylic acids is 1. The molecule has 2 aliphatic rings. The lowest BCUT2D eigenvalue weighted by Gasteiger charge is -2.43. The zero-order chi connectivity index (χ0) is 22.5. The van der Waals surface area contributed by atoms with Gasteiger partial charge in [-0.25, -0.2) is 4.79 Å². The van der Waals surface area contributed by atoms with Crippen LogP contribution in [0.2, 0.25) is 5.02 Å². The first-order chi connectivity index (χ1) is 14.6. The van der Waals surface area contributed by atoms with E-state index in [2.05, 4.69) is 5.32 Å². The molecule has 0 aromatic heterocycles. The lowest BCUT2D eigenvalue weighted by Crippen LogP contribution is -2.70. The van der Waals surface area contributed by atoms with Gasteiger partial charge in [-0.3, -0.25) is 14.4 Å². The van der Waals surface area contributed by atoms with Crippen molar-refractivity contribution >= 4 is 46.9 Å². The van der Waals surface area contributed by atoms with Gasteiger partial charge in [0.1, 0.15) is 17.5 Å². The molecule has 7 nitrogen and oxygen atoms in total. The van der Waals surface area contributed by atoms with E-state index in [9.17, 15) is 24.3 Å². The summed E-state index contributed by atoms with van der Waals surface area (Å²) in [6.07, 6.45) is 0. The van der Waals surface area contributed by atoms with Crippen LogP contribution in [0, 0.1) is 0 Å². The second-order valence-corrected chi connectivity index (χ2v) is 10.1. The molecule has 31 heavy (non-hydrogen) atoms. The molecule has 2 aliphatic heterocycles. The van der Waals surface area contributed by atoms with E-state index in [1.807, 2.05) is 0 Å². The Morgan fingerprint density at radius 1 is 1.06 bits per heavy atom. The van der Waals surface area contributed by atoms with Crippen LogP contribution < -0.4 is 5.32 Å². The number of aliphatic carboxylic acids is 1. The van der Waals surface area contributed by atoms with Crippen LogP contribution in [0.1, 0.15) is 40.1 Å². The number of rotatable bonds is 5. The number of carbonyl (C=O) groups excluding carboxylic acids is 3. The summed E-state index contributed by atoms with van der Waals surface area (Å²) in [4.78, 5) is 50.7. The Balaban J connectivity index is 1.46. The minimum atomic E-state index is -1.06. The average molecular weight is 459 g/mol. The summed E-state index contributed by atoms with van der Waals surface area (Å²) < 4.78 is -0.660. The van der Waals surface area contributed by atoms with Gasteiger partial charge in [0.25, 0.3) is 5.91 Å². The maximum absolute atomic E-state index is 12.7. The van der Waals surface area contributed by atoms with E-state index in [-0.39, 0.29) is 5.78 Å². The summed E-state index contributed by atoms with van der Waals surface area (Å²) in [6, 6.07) is 11.1. The van der Waals surface area contributed by atoms with Crippen LogP contribution in [0.25, 0.3) is 0 Å². The van der Waals surface area contributed by atoms with Crippen molar-refractivity contribution in [2.75, 3.05) is 0 Å². The Hall–Kier alpha value is -2.84. The van der Waals surface area contributed by atoms with Crippen LogP contribution in [-0.2, 0) is 9.59 Å². The van der Waals surface area contributed by atoms with Crippen molar-refractivity contribution in [3.05, 3.63) is 70.2 Å². The van der Waals surface area contributed by atoms with Crippen molar-refractivity contribution in [3.63, 3.8) is 0 Å². The third-order valence-corrected chi connectivity index (χ3v) is 7.39. The summed E-state index contributed by atoms with van der Waals surface area (Å²) in [7, 11) is 0. The van der Waals surface area contributed by atoms with Gasteiger partial charge in [-0.2, -0.15) is 0 Å². The van der Waals surface area contributed by atoms with Gasteiger partial charge < -0.3 is 15.3 Å². The third-order valence-electron chi connectivity index (χ3n) is 5.49. The molecule has 0 saturated carbocycles. The number of nitrogens with zero attached hydrogens (tertiary/aromatic N) is 1. The number of halogens is 1. The Kier molecular flexibility index (Phi) is 5.31. The molecule has 0 radical (unpaired) electrons. The van der Waals surface area contributed by atoms with Crippen molar-refractivity contribution in [3.8, 4) is 0 Å². The molecule has 3 atom stereocenters. The zero-order valence-electron chi connectivity index (χ0n) is 16.7. The SMILES string of the molecule is CC1(C)S[C@@H]2[C@H](NC(=O)c3ccc(C(=O)c4ccccc4Cl)cc3)C(=O)N2[C@H]1C(=O)O. The molecule has 0 bridgehead atoms. The van der Waals surface area contributed by atoms with E-state index in [4.69, 9.17) is 11.6 Å². The Labute approximate surface area is 187 Å². The predicted molar refractivity (Wildman–Crippen MR) is 116 cm³/mol. The van der Waals surface area contributed by atoms with Crippen molar-refractivity contribution in [2.24, 2.45) is 0 Å². The second-order valence-electron chi connectivity index (χ2n) is 7.94. The molecule has 2 aromatic carbocycles. The number of ketones is 1. The fourth-order valence-corrected chi connectivity index (χ4v) is 5.79. The van der Waals surface area contributed by atoms with Gasteiger partial charge in [0.05, 0.1) is 5.02 Å². The largest absolute Gasteiger partial charge is 0.480 e. The van der Waals surface area contributed by atoms with Gasteiger partial charge in [-0.05, 0) is 38.1 Å². The number of carbonyl (C=O) groups is 4. The molecule has 2 amide bonds. The van der Waals surface area contributed by atoms with Gasteiger partial charge >= 0.3 is 5.97 Å². The lowest BCUT2D eigenvalue weighted by atomic mass is 9.96. The summed E-state index contributed by atoms with van der Waals surface area (Å²) in [5.74, 6) is -2.19. The molecule has 2 N–H and O–H groups in total. The topological polar surface area (TPSA) is 104 Å². The molecule has 2 saturated heterocycles. The van der Waals surface area contributed by atoms with E-state index >= 15 is 0 Å².